The summed E-state index contributed by atoms with van der Waals surface area (Å²) in [7, 11) is 3.27. The number of ether oxygens (including phenoxy) is 2. The molecule has 114 valence electrons. The van der Waals surface area contributed by atoms with E-state index in [4.69, 9.17) is 21.1 Å². The smallest absolute Gasteiger partial charge is 0.161 e. The number of nitrogens with zero attached hydrogens (tertiary/aromatic N) is 3. The van der Waals surface area contributed by atoms with Crippen LogP contribution < -0.4 is 9.47 Å². The van der Waals surface area contributed by atoms with Crippen molar-refractivity contribution in [3.05, 3.63) is 47.4 Å². The number of rotatable bonds is 5. The highest BCUT2D eigenvalue weighted by Gasteiger charge is 2.07. The minimum atomic E-state index is 0.473. The number of halogens is 1. The summed E-state index contributed by atoms with van der Waals surface area (Å²) in [5.41, 5.74) is 2.80. The molecule has 0 aliphatic carbocycles. The second kappa shape index (κ2) is 6.23. The molecule has 5 nitrogen and oxygen atoms in total. The number of hydrogen-bond donors (Lipinski definition) is 0. The molecule has 0 N–H and O–H groups in total. The Morgan fingerprint density at radius 3 is 2.68 bits per heavy atom. The molecule has 0 amide bonds. The number of hydrogen-bond acceptors (Lipinski definition) is 4. The van der Waals surface area contributed by atoms with Crippen LogP contribution in [0.25, 0.3) is 11.2 Å². The van der Waals surface area contributed by atoms with Gasteiger partial charge < -0.3 is 14.0 Å². The topological polar surface area (TPSA) is 49.2 Å². The first-order chi connectivity index (χ1) is 10.7. The normalized spacial score (nSPS) is 10.9. The Balaban J connectivity index is 1.80. The van der Waals surface area contributed by atoms with Crippen molar-refractivity contribution in [3.8, 4) is 11.5 Å². The van der Waals surface area contributed by atoms with Crippen molar-refractivity contribution >= 4 is 22.8 Å². The summed E-state index contributed by atoms with van der Waals surface area (Å²) in [4.78, 5) is 8.66. The Labute approximate surface area is 133 Å². The highest BCUT2D eigenvalue weighted by atomic mass is 35.5. The van der Waals surface area contributed by atoms with Gasteiger partial charge in [0.25, 0.3) is 0 Å². The van der Waals surface area contributed by atoms with Crippen molar-refractivity contribution in [1.29, 1.82) is 0 Å². The molecule has 0 radical (unpaired) electrons. The fourth-order valence-corrected chi connectivity index (χ4v) is 2.51. The fraction of sp³-hybridized carbons (Fsp3) is 0.250. The highest BCUT2D eigenvalue weighted by Crippen LogP contribution is 2.28. The van der Waals surface area contributed by atoms with E-state index in [0.717, 1.165) is 41.2 Å². The summed E-state index contributed by atoms with van der Waals surface area (Å²) in [6, 6.07) is 9.54. The predicted octanol–water partition coefficient (Wildman–Crippen LogP) is 3.34. The van der Waals surface area contributed by atoms with E-state index in [0.29, 0.717) is 5.15 Å². The molecular formula is C16H16ClN3O2. The van der Waals surface area contributed by atoms with Crippen LogP contribution in [0.3, 0.4) is 0 Å². The van der Waals surface area contributed by atoms with E-state index < -0.39 is 0 Å². The van der Waals surface area contributed by atoms with E-state index in [9.17, 15) is 0 Å². The second-order valence-corrected chi connectivity index (χ2v) is 5.24. The van der Waals surface area contributed by atoms with Crippen molar-refractivity contribution in [2.75, 3.05) is 14.2 Å². The number of aryl methyl sites for hydroxylation is 2. The maximum absolute atomic E-state index is 5.96. The number of imidazole rings is 1. The monoisotopic (exact) mass is 317 g/mol. The van der Waals surface area contributed by atoms with Crippen molar-refractivity contribution in [3.63, 3.8) is 0 Å². The zero-order valence-corrected chi connectivity index (χ0v) is 13.2. The molecule has 22 heavy (non-hydrogen) atoms. The minimum absolute atomic E-state index is 0.473. The molecule has 0 fully saturated rings. The van der Waals surface area contributed by atoms with Gasteiger partial charge in [-0.1, -0.05) is 17.7 Å². The largest absolute Gasteiger partial charge is 0.493 e. The van der Waals surface area contributed by atoms with Gasteiger partial charge in [0.15, 0.2) is 17.1 Å². The maximum Gasteiger partial charge on any atom is 0.161 e. The summed E-state index contributed by atoms with van der Waals surface area (Å²) in [6.07, 6.45) is 2.62. The van der Waals surface area contributed by atoms with Gasteiger partial charge in [-0.2, -0.15) is 0 Å². The van der Waals surface area contributed by atoms with Crippen LogP contribution in [0.2, 0.25) is 5.15 Å². The highest BCUT2D eigenvalue weighted by molar-refractivity contribution is 6.29. The van der Waals surface area contributed by atoms with Crippen LogP contribution in [0, 0.1) is 0 Å². The summed E-state index contributed by atoms with van der Waals surface area (Å²) in [5, 5.41) is 0.473. The van der Waals surface area contributed by atoms with Gasteiger partial charge in [-0.25, -0.2) is 9.97 Å². The molecule has 0 unspecified atom stereocenters. The molecule has 0 spiro atoms. The van der Waals surface area contributed by atoms with E-state index in [1.807, 2.05) is 28.8 Å². The van der Waals surface area contributed by atoms with Gasteiger partial charge >= 0.3 is 0 Å². The maximum atomic E-state index is 5.96. The van der Waals surface area contributed by atoms with Gasteiger partial charge in [0, 0.05) is 6.54 Å². The van der Waals surface area contributed by atoms with Gasteiger partial charge in [0.2, 0.25) is 0 Å². The van der Waals surface area contributed by atoms with Crippen LogP contribution in [0.15, 0.2) is 36.7 Å². The third-order valence-electron chi connectivity index (χ3n) is 3.52. The Bertz CT molecular complexity index is 801. The lowest BCUT2D eigenvalue weighted by molar-refractivity contribution is 0.354. The van der Waals surface area contributed by atoms with Crippen LogP contribution in [0.4, 0.5) is 0 Å². The van der Waals surface area contributed by atoms with Crippen LogP contribution in [-0.2, 0) is 13.0 Å². The van der Waals surface area contributed by atoms with Gasteiger partial charge in [-0.3, -0.25) is 0 Å². The SMILES string of the molecule is COc1ccc(CCn2cnc3ccc(Cl)nc32)cc1OC. The van der Waals surface area contributed by atoms with Crippen LogP contribution in [0.5, 0.6) is 11.5 Å². The van der Waals surface area contributed by atoms with Crippen molar-refractivity contribution in [2.45, 2.75) is 13.0 Å². The molecule has 2 heterocycles. The lowest BCUT2D eigenvalue weighted by Gasteiger charge is -2.10. The number of methoxy groups -OCH3 is 2. The number of benzene rings is 1. The third-order valence-corrected chi connectivity index (χ3v) is 3.73. The van der Waals surface area contributed by atoms with Gasteiger partial charge in [-0.15, -0.1) is 0 Å². The molecule has 0 aliphatic rings. The molecule has 0 aliphatic heterocycles. The van der Waals surface area contributed by atoms with Gasteiger partial charge in [-0.05, 0) is 36.2 Å². The summed E-state index contributed by atoms with van der Waals surface area (Å²) >= 11 is 5.96. The van der Waals surface area contributed by atoms with Crippen LogP contribution in [0.1, 0.15) is 5.56 Å². The molecule has 0 saturated heterocycles. The fourth-order valence-electron chi connectivity index (χ4n) is 2.37. The Morgan fingerprint density at radius 1 is 1.09 bits per heavy atom. The molecule has 0 bridgehead atoms. The number of fused-ring (bicyclic) bond motifs is 1. The van der Waals surface area contributed by atoms with Crippen LogP contribution >= 0.6 is 11.6 Å². The molecular weight excluding hydrogens is 302 g/mol. The second-order valence-electron chi connectivity index (χ2n) is 4.85. The molecule has 6 heteroatoms. The molecule has 0 atom stereocenters. The summed E-state index contributed by atoms with van der Waals surface area (Å²) in [5.74, 6) is 1.46. The minimum Gasteiger partial charge on any atom is -0.493 e. The number of aromatic nitrogens is 3. The van der Waals surface area contributed by atoms with Crippen molar-refractivity contribution in [1.82, 2.24) is 14.5 Å². The lowest BCUT2D eigenvalue weighted by Crippen LogP contribution is -2.01. The summed E-state index contributed by atoms with van der Waals surface area (Å²) < 4.78 is 12.6. The van der Waals surface area contributed by atoms with Crippen LogP contribution in [-0.4, -0.2) is 28.8 Å². The molecule has 3 aromatic rings. The zero-order chi connectivity index (χ0) is 15.5. The first-order valence-electron chi connectivity index (χ1n) is 6.89. The van der Waals surface area contributed by atoms with Crippen molar-refractivity contribution in [2.24, 2.45) is 0 Å². The van der Waals surface area contributed by atoms with E-state index in [2.05, 4.69) is 9.97 Å². The third kappa shape index (κ3) is 2.85. The van der Waals surface area contributed by atoms with E-state index in [1.165, 1.54) is 0 Å². The summed E-state index contributed by atoms with van der Waals surface area (Å²) in [6.45, 7) is 0.763. The van der Waals surface area contributed by atoms with E-state index in [-0.39, 0.29) is 0 Å². The zero-order valence-electron chi connectivity index (χ0n) is 12.4. The first kappa shape index (κ1) is 14.7. The van der Waals surface area contributed by atoms with E-state index >= 15 is 0 Å². The molecule has 3 rings (SSSR count). The molecule has 2 aromatic heterocycles. The number of pyridine rings is 1. The quantitative estimate of drug-likeness (QED) is 0.677. The Kier molecular flexibility index (Phi) is 4.15. The Morgan fingerprint density at radius 2 is 1.91 bits per heavy atom. The van der Waals surface area contributed by atoms with Crippen molar-refractivity contribution < 1.29 is 9.47 Å². The predicted molar refractivity (Wildman–Crippen MR) is 85.8 cm³/mol. The first-order valence-corrected chi connectivity index (χ1v) is 7.27. The average Bonchev–Trinajstić information content (AvgIpc) is 2.94. The lowest BCUT2D eigenvalue weighted by atomic mass is 10.1. The molecule has 1 aromatic carbocycles. The average molecular weight is 318 g/mol. The Hall–Kier alpha value is -2.27. The standard InChI is InChI=1S/C16H16ClN3O2/c1-21-13-5-3-11(9-14(13)22-2)7-8-20-10-18-12-4-6-15(17)19-16(12)20/h3-6,9-10H,7-8H2,1-2H3. The van der Waals surface area contributed by atoms with Gasteiger partial charge in [0.05, 0.1) is 20.5 Å². The van der Waals surface area contributed by atoms with Gasteiger partial charge in [0.1, 0.15) is 10.7 Å². The van der Waals surface area contributed by atoms with E-state index in [1.54, 1.807) is 26.6 Å². The molecule has 0 saturated carbocycles.